The van der Waals surface area contributed by atoms with Gasteiger partial charge in [0.25, 0.3) is 5.91 Å². The van der Waals surface area contributed by atoms with Gasteiger partial charge in [0.1, 0.15) is 0 Å². The lowest BCUT2D eigenvalue weighted by Gasteiger charge is -2.26. The highest BCUT2D eigenvalue weighted by atomic mass is 19.4. The molecule has 5 heteroatoms. The van der Waals surface area contributed by atoms with Crippen LogP contribution in [-0.4, -0.2) is 10.8 Å². The Hall–Kier alpha value is -3.08. The summed E-state index contributed by atoms with van der Waals surface area (Å²) in [5, 5.41) is 0. The molecule has 0 aromatic heterocycles. The highest BCUT2D eigenvalue weighted by molar-refractivity contribution is 5.99. The maximum Gasteiger partial charge on any atom is 0.416 e. The standard InChI is InChI=1S/C23H18F3NO/c1-15-7-9-17(10-8-15)21-20-13-18(23(24,25)26)11-12-19(20)22(28)27(21)14-16-5-3-2-4-6-16/h2-13,21H,14H2,1H3. The molecule has 0 radical (unpaired) electrons. The molecule has 2 nitrogen and oxygen atoms in total. The Morgan fingerprint density at radius 1 is 0.929 bits per heavy atom. The summed E-state index contributed by atoms with van der Waals surface area (Å²) in [5.41, 5.74) is 2.77. The van der Waals surface area contributed by atoms with Crippen LogP contribution in [0.4, 0.5) is 13.2 Å². The van der Waals surface area contributed by atoms with E-state index in [2.05, 4.69) is 0 Å². The van der Waals surface area contributed by atoms with E-state index >= 15 is 0 Å². The van der Waals surface area contributed by atoms with E-state index in [1.165, 1.54) is 6.07 Å². The molecule has 0 saturated carbocycles. The fourth-order valence-corrected chi connectivity index (χ4v) is 3.65. The van der Waals surface area contributed by atoms with Crippen LogP contribution in [0.15, 0.2) is 72.8 Å². The smallest absolute Gasteiger partial charge is 0.323 e. The van der Waals surface area contributed by atoms with E-state index in [1.54, 1.807) is 4.90 Å². The third-order valence-electron chi connectivity index (χ3n) is 5.07. The minimum atomic E-state index is -4.46. The van der Waals surface area contributed by atoms with Crippen molar-refractivity contribution >= 4 is 5.91 Å². The third kappa shape index (κ3) is 3.28. The second kappa shape index (κ2) is 6.82. The Kier molecular flexibility index (Phi) is 4.46. The second-order valence-corrected chi connectivity index (χ2v) is 7.03. The molecule has 0 N–H and O–H groups in total. The minimum Gasteiger partial charge on any atom is -0.323 e. The van der Waals surface area contributed by atoms with Crippen molar-refractivity contribution in [2.24, 2.45) is 0 Å². The number of hydrogen-bond acceptors (Lipinski definition) is 1. The molecule has 0 fully saturated rings. The summed E-state index contributed by atoms with van der Waals surface area (Å²) >= 11 is 0. The number of carbonyl (C=O) groups is 1. The lowest BCUT2D eigenvalue weighted by atomic mass is 9.95. The van der Waals surface area contributed by atoms with Crippen LogP contribution in [0.1, 0.15) is 44.2 Å². The van der Waals surface area contributed by atoms with Gasteiger partial charge in [-0.2, -0.15) is 13.2 Å². The summed E-state index contributed by atoms with van der Waals surface area (Å²) in [6.07, 6.45) is -4.46. The van der Waals surface area contributed by atoms with E-state index in [4.69, 9.17) is 0 Å². The SMILES string of the molecule is Cc1ccc(C2c3cc(C(F)(F)F)ccc3C(=O)N2Cc2ccccc2)cc1. The molecular weight excluding hydrogens is 363 g/mol. The summed E-state index contributed by atoms with van der Waals surface area (Å²) in [6.45, 7) is 2.27. The fourth-order valence-electron chi connectivity index (χ4n) is 3.65. The molecule has 1 aliphatic rings. The molecule has 1 unspecified atom stereocenters. The number of hydrogen-bond donors (Lipinski definition) is 0. The maximum absolute atomic E-state index is 13.3. The zero-order valence-electron chi connectivity index (χ0n) is 15.2. The van der Waals surface area contributed by atoms with E-state index in [-0.39, 0.29) is 5.91 Å². The Labute approximate surface area is 161 Å². The molecule has 0 spiro atoms. The number of amides is 1. The van der Waals surface area contributed by atoms with Gasteiger partial charge in [-0.1, -0.05) is 60.2 Å². The van der Waals surface area contributed by atoms with Crippen molar-refractivity contribution in [3.63, 3.8) is 0 Å². The first-order chi connectivity index (χ1) is 13.3. The largest absolute Gasteiger partial charge is 0.416 e. The van der Waals surface area contributed by atoms with E-state index in [1.807, 2.05) is 61.5 Å². The van der Waals surface area contributed by atoms with Gasteiger partial charge in [0.15, 0.2) is 0 Å². The van der Waals surface area contributed by atoms with Crippen LogP contribution in [-0.2, 0) is 12.7 Å². The van der Waals surface area contributed by atoms with Crippen LogP contribution >= 0.6 is 0 Å². The number of fused-ring (bicyclic) bond motifs is 1. The minimum absolute atomic E-state index is 0.252. The molecule has 1 atom stereocenters. The lowest BCUT2D eigenvalue weighted by molar-refractivity contribution is -0.137. The van der Waals surface area contributed by atoms with Gasteiger partial charge in [-0.3, -0.25) is 4.79 Å². The van der Waals surface area contributed by atoms with Crippen molar-refractivity contribution in [3.05, 3.63) is 106 Å². The maximum atomic E-state index is 13.3. The normalized spacial score (nSPS) is 16.4. The first-order valence-corrected chi connectivity index (χ1v) is 8.97. The average Bonchev–Trinajstić information content (AvgIpc) is 2.94. The number of carbonyl (C=O) groups excluding carboxylic acids is 1. The monoisotopic (exact) mass is 381 g/mol. The van der Waals surface area contributed by atoms with Crippen LogP contribution in [0.3, 0.4) is 0 Å². The number of alkyl halides is 3. The van der Waals surface area contributed by atoms with Gasteiger partial charge in [0.2, 0.25) is 0 Å². The van der Waals surface area contributed by atoms with Gasteiger partial charge in [0.05, 0.1) is 11.6 Å². The van der Waals surface area contributed by atoms with E-state index in [0.29, 0.717) is 17.7 Å². The van der Waals surface area contributed by atoms with Crippen molar-refractivity contribution in [2.75, 3.05) is 0 Å². The average molecular weight is 381 g/mol. The second-order valence-electron chi connectivity index (χ2n) is 7.03. The quantitative estimate of drug-likeness (QED) is 0.565. The van der Waals surface area contributed by atoms with Gasteiger partial charge in [-0.05, 0) is 41.8 Å². The predicted molar refractivity (Wildman–Crippen MR) is 101 cm³/mol. The number of benzene rings is 3. The molecule has 0 saturated heterocycles. The molecule has 3 aromatic carbocycles. The molecule has 3 aromatic rings. The molecule has 28 heavy (non-hydrogen) atoms. The fraction of sp³-hybridized carbons (Fsp3) is 0.174. The first kappa shape index (κ1) is 18.3. The summed E-state index contributed by atoms with van der Waals surface area (Å²) in [6, 6.07) is 19.9. The molecule has 0 bridgehead atoms. The van der Waals surface area contributed by atoms with Crippen molar-refractivity contribution in [1.82, 2.24) is 4.90 Å². The molecule has 1 amide bonds. The van der Waals surface area contributed by atoms with Gasteiger partial charge in [0, 0.05) is 12.1 Å². The number of rotatable bonds is 3. The van der Waals surface area contributed by atoms with Gasteiger partial charge in [-0.25, -0.2) is 0 Å². The zero-order chi connectivity index (χ0) is 19.9. The van der Waals surface area contributed by atoms with E-state index in [0.717, 1.165) is 28.8 Å². The van der Waals surface area contributed by atoms with Gasteiger partial charge in [-0.15, -0.1) is 0 Å². The Morgan fingerprint density at radius 3 is 2.25 bits per heavy atom. The Bertz CT molecular complexity index is 1010. The number of aryl methyl sites for hydroxylation is 1. The summed E-state index contributed by atoms with van der Waals surface area (Å²) in [5.74, 6) is -0.252. The zero-order valence-corrected chi connectivity index (χ0v) is 15.2. The van der Waals surface area contributed by atoms with Gasteiger partial charge >= 0.3 is 6.18 Å². The van der Waals surface area contributed by atoms with Crippen LogP contribution in [0.5, 0.6) is 0 Å². The van der Waals surface area contributed by atoms with Crippen LogP contribution in [0.25, 0.3) is 0 Å². The highest BCUT2D eigenvalue weighted by Gasteiger charge is 2.40. The Morgan fingerprint density at radius 2 is 1.61 bits per heavy atom. The summed E-state index contributed by atoms with van der Waals surface area (Å²) in [4.78, 5) is 14.7. The number of halogens is 3. The number of nitrogens with zero attached hydrogens (tertiary/aromatic N) is 1. The first-order valence-electron chi connectivity index (χ1n) is 8.97. The summed E-state index contributed by atoms with van der Waals surface area (Å²) < 4.78 is 39.8. The molecule has 1 heterocycles. The van der Waals surface area contributed by atoms with Crippen LogP contribution < -0.4 is 0 Å². The molecule has 0 aliphatic carbocycles. The van der Waals surface area contributed by atoms with E-state index in [9.17, 15) is 18.0 Å². The predicted octanol–water partition coefficient (Wildman–Crippen LogP) is 5.76. The molecule has 4 rings (SSSR count). The highest BCUT2D eigenvalue weighted by Crippen LogP contribution is 2.42. The summed E-state index contributed by atoms with van der Waals surface area (Å²) in [7, 11) is 0. The lowest BCUT2D eigenvalue weighted by Crippen LogP contribution is -2.28. The molecular formula is C23H18F3NO. The van der Waals surface area contributed by atoms with Crippen LogP contribution in [0, 0.1) is 6.92 Å². The molecule has 142 valence electrons. The Balaban J connectivity index is 1.83. The topological polar surface area (TPSA) is 20.3 Å². The van der Waals surface area contributed by atoms with Crippen molar-refractivity contribution in [1.29, 1.82) is 0 Å². The van der Waals surface area contributed by atoms with Crippen molar-refractivity contribution < 1.29 is 18.0 Å². The third-order valence-corrected chi connectivity index (χ3v) is 5.07. The van der Waals surface area contributed by atoms with Crippen molar-refractivity contribution in [2.45, 2.75) is 25.7 Å². The molecule has 1 aliphatic heterocycles. The van der Waals surface area contributed by atoms with E-state index < -0.39 is 17.8 Å². The van der Waals surface area contributed by atoms with Crippen molar-refractivity contribution in [3.8, 4) is 0 Å². The van der Waals surface area contributed by atoms with Gasteiger partial charge < -0.3 is 4.90 Å². The van der Waals surface area contributed by atoms with Crippen LogP contribution in [0.2, 0.25) is 0 Å².